The Hall–Kier alpha value is -3.38. The summed E-state index contributed by atoms with van der Waals surface area (Å²) in [4.78, 5) is 15.2. The number of thiazole rings is 1. The van der Waals surface area contributed by atoms with E-state index < -0.39 is 0 Å². The molecule has 29 heavy (non-hydrogen) atoms. The van der Waals surface area contributed by atoms with Gasteiger partial charge in [0.2, 0.25) is 0 Å². The van der Waals surface area contributed by atoms with Gasteiger partial charge in [0.05, 0.1) is 15.7 Å². The molecule has 0 atom stereocenters. The lowest BCUT2D eigenvalue weighted by atomic mass is 10.0. The minimum Gasteiger partial charge on any atom is -0.490 e. The molecule has 4 aromatic rings. The Morgan fingerprint density at radius 3 is 2.66 bits per heavy atom. The van der Waals surface area contributed by atoms with E-state index in [9.17, 15) is 4.79 Å². The van der Waals surface area contributed by atoms with Crippen LogP contribution in [0.4, 0.5) is 0 Å². The molecule has 0 aliphatic heterocycles. The molecule has 0 fully saturated rings. The van der Waals surface area contributed by atoms with Gasteiger partial charge < -0.3 is 14.2 Å². The molecule has 0 saturated heterocycles. The van der Waals surface area contributed by atoms with Gasteiger partial charge in [-0.25, -0.2) is 4.98 Å². The summed E-state index contributed by atoms with van der Waals surface area (Å²) >= 11 is 1.60. The van der Waals surface area contributed by atoms with Crippen LogP contribution in [0.5, 0.6) is 17.2 Å². The third-order valence-corrected chi connectivity index (χ3v) is 5.01. The molecule has 146 valence electrons. The first kappa shape index (κ1) is 19.0. The maximum atomic E-state index is 10.9. The van der Waals surface area contributed by atoms with E-state index in [-0.39, 0.29) is 19.2 Å². The third-order valence-electron chi connectivity index (χ3n) is 4.22. The Morgan fingerprint density at radius 1 is 0.966 bits per heavy atom. The van der Waals surface area contributed by atoms with Gasteiger partial charge in [-0.2, -0.15) is 0 Å². The largest absolute Gasteiger partial charge is 0.490 e. The Kier molecular flexibility index (Phi) is 5.72. The van der Waals surface area contributed by atoms with Crippen LogP contribution in [0.25, 0.3) is 21.3 Å². The van der Waals surface area contributed by atoms with Gasteiger partial charge in [0, 0.05) is 12.5 Å². The predicted octanol–water partition coefficient (Wildman–Crippen LogP) is 5.70. The number of carbonyl (C=O) groups excluding carboxylic acids is 1. The van der Waals surface area contributed by atoms with E-state index in [0.717, 1.165) is 32.8 Å². The fourth-order valence-electron chi connectivity index (χ4n) is 2.90. The zero-order valence-corrected chi connectivity index (χ0v) is 16.6. The summed E-state index contributed by atoms with van der Waals surface area (Å²) in [5, 5.41) is 0. The number of aromatic nitrogens is 1. The van der Waals surface area contributed by atoms with Crippen LogP contribution in [0.3, 0.4) is 0 Å². The molecule has 0 saturated carbocycles. The predicted molar refractivity (Wildman–Crippen MR) is 114 cm³/mol. The van der Waals surface area contributed by atoms with E-state index in [1.54, 1.807) is 11.3 Å². The second-order valence-corrected chi connectivity index (χ2v) is 7.18. The number of hydrogen-bond acceptors (Lipinski definition) is 6. The summed E-state index contributed by atoms with van der Waals surface area (Å²) < 4.78 is 17.9. The van der Waals surface area contributed by atoms with Crippen molar-refractivity contribution in [3.8, 4) is 28.4 Å². The van der Waals surface area contributed by atoms with Crippen LogP contribution in [0, 0.1) is 0 Å². The second kappa shape index (κ2) is 8.75. The van der Waals surface area contributed by atoms with Crippen LogP contribution in [-0.2, 0) is 9.53 Å². The molecule has 3 aromatic carbocycles. The zero-order chi connectivity index (χ0) is 20.1. The first-order valence-electron chi connectivity index (χ1n) is 9.16. The lowest BCUT2D eigenvalue weighted by molar-refractivity contribution is -0.141. The first-order valence-corrected chi connectivity index (χ1v) is 10.0. The lowest BCUT2D eigenvalue weighted by Gasteiger charge is -2.14. The quantitative estimate of drug-likeness (QED) is 0.292. The minimum atomic E-state index is -0.321. The summed E-state index contributed by atoms with van der Waals surface area (Å²) in [6, 6.07) is 21.5. The van der Waals surface area contributed by atoms with Crippen molar-refractivity contribution in [2.45, 2.75) is 6.92 Å². The van der Waals surface area contributed by atoms with Crippen molar-refractivity contribution in [2.24, 2.45) is 0 Å². The molecule has 0 bridgehead atoms. The van der Waals surface area contributed by atoms with Crippen molar-refractivity contribution in [3.63, 3.8) is 0 Å². The highest BCUT2D eigenvalue weighted by molar-refractivity contribution is 7.16. The van der Waals surface area contributed by atoms with Crippen molar-refractivity contribution in [2.75, 3.05) is 13.2 Å². The number of rotatable bonds is 7. The van der Waals surface area contributed by atoms with Gasteiger partial charge in [0.15, 0.2) is 0 Å². The maximum Gasteiger partial charge on any atom is 0.302 e. The molecular weight excluding hydrogens is 386 g/mol. The molecule has 0 radical (unpaired) electrons. The Morgan fingerprint density at radius 2 is 1.83 bits per heavy atom. The molecule has 4 rings (SSSR count). The molecule has 0 spiro atoms. The van der Waals surface area contributed by atoms with Gasteiger partial charge in [0.25, 0.3) is 0 Å². The average molecular weight is 405 g/mol. The van der Waals surface area contributed by atoms with Crippen LogP contribution >= 0.6 is 11.3 Å². The average Bonchev–Trinajstić information content (AvgIpc) is 3.20. The fourth-order valence-corrected chi connectivity index (χ4v) is 3.61. The van der Waals surface area contributed by atoms with Crippen LogP contribution < -0.4 is 9.47 Å². The molecule has 0 N–H and O–H groups in total. The van der Waals surface area contributed by atoms with Gasteiger partial charge in [-0.1, -0.05) is 24.3 Å². The van der Waals surface area contributed by atoms with Crippen LogP contribution in [0.2, 0.25) is 0 Å². The smallest absolute Gasteiger partial charge is 0.302 e. The van der Waals surface area contributed by atoms with E-state index in [1.165, 1.54) is 6.92 Å². The van der Waals surface area contributed by atoms with Crippen molar-refractivity contribution in [1.82, 2.24) is 4.98 Å². The van der Waals surface area contributed by atoms with Crippen molar-refractivity contribution < 1.29 is 19.0 Å². The molecule has 1 aromatic heterocycles. The van der Waals surface area contributed by atoms with E-state index in [4.69, 9.17) is 14.2 Å². The Bertz CT molecular complexity index is 1120. The molecule has 6 heteroatoms. The van der Waals surface area contributed by atoms with E-state index >= 15 is 0 Å². The SMILES string of the molecule is CC(=O)OCCOc1ccc(Oc2ccccc2)c(-c2ccc3ncsc3c2)c1. The summed E-state index contributed by atoms with van der Waals surface area (Å²) in [6.45, 7) is 1.87. The van der Waals surface area contributed by atoms with Gasteiger partial charge >= 0.3 is 5.97 Å². The van der Waals surface area contributed by atoms with E-state index in [2.05, 4.69) is 11.1 Å². The summed E-state index contributed by atoms with van der Waals surface area (Å²) in [5.41, 5.74) is 4.73. The van der Waals surface area contributed by atoms with Crippen LogP contribution in [-0.4, -0.2) is 24.2 Å². The topological polar surface area (TPSA) is 57.7 Å². The number of ether oxygens (including phenoxy) is 3. The highest BCUT2D eigenvalue weighted by Gasteiger charge is 2.11. The summed E-state index contributed by atoms with van der Waals surface area (Å²) in [7, 11) is 0. The first-order chi connectivity index (χ1) is 14.2. The van der Waals surface area contributed by atoms with Gasteiger partial charge in [0.1, 0.15) is 30.5 Å². The number of esters is 1. The van der Waals surface area contributed by atoms with Gasteiger partial charge in [-0.05, 0) is 48.0 Å². The van der Waals surface area contributed by atoms with E-state index in [1.807, 2.05) is 66.2 Å². The molecule has 0 aliphatic rings. The van der Waals surface area contributed by atoms with Crippen LogP contribution in [0.15, 0.2) is 72.2 Å². The molecule has 1 heterocycles. The Balaban J connectivity index is 1.65. The van der Waals surface area contributed by atoms with E-state index in [0.29, 0.717) is 5.75 Å². The van der Waals surface area contributed by atoms with Crippen molar-refractivity contribution >= 4 is 27.5 Å². The van der Waals surface area contributed by atoms with Crippen molar-refractivity contribution in [3.05, 3.63) is 72.2 Å². The van der Waals surface area contributed by atoms with Crippen LogP contribution in [0.1, 0.15) is 6.92 Å². The third kappa shape index (κ3) is 4.73. The molecular formula is C23H19NO4S. The normalized spacial score (nSPS) is 10.7. The maximum absolute atomic E-state index is 10.9. The van der Waals surface area contributed by atoms with Gasteiger partial charge in [-0.3, -0.25) is 4.79 Å². The summed E-state index contributed by atoms with van der Waals surface area (Å²) in [5.74, 6) is 1.85. The molecule has 0 amide bonds. The standard InChI is InChI=1S/C23H19NO4S/c1-16(25)26-11-12-27-19-8-10-22(28-18-5-3-2-4-6-18)20(14-19)17-7-9-21-23(13-17)29-15-24-21/h2-10,13-15H,11-12H2,1H3. The highest BCUT2D eigenvalue weighted by atomic mass is 32.1. The Labute approximate surface area is 172 Å². The number of benzene rings is 3. The highest BCUT2D eigenvalue weighted by Crippen LogP contribution is 2.37. The fraction of sp³-hybridized carbons (Fsp3) is 0.130. The number of hydrogen-bond donors (Lipinski definition) is 0. The molecule has 0 unspecified atom stereocenters. The van der Waals surface area contributed by atoms with Crippen molar-refractivity contribution in [1.29, 1.82) is 0 Å². The number of nitrogens with zero attached hydrogens (tertiary/aromatic N) is 1. The zero-order valence-electron chi connectivity index (χ0n) is 15.8. The second-order valence-electron chi connectivity index (χ2n) is 6.30. The monoisotopic (exact) mass is 405 g/mol. The molecule has 5 nitrogen and oxygen atoms in total. The lowest BCUT2D eigenvalue weighted by Crippen LogP contribution is -2.09. The number of carbonyl (C=O) groups is 1. The van der Waals surface area contributed by atoms with Gasteiger partial charge in [-0.15, -0.1) is 11.3 Å². The number of para-hydroxylation sites is 1. The number of fused-ring (bicyclic) bond motifs is 1. The minimum absolute atomic E-state index is 0.208. The summed E-state index contributed by atoms with van der Waals surface area (Å²) in [6.07, 6.45) is 0. The molecule has 0 aliphatic carbocycles.